The van der Waals surface area contributed by atoms with Crippen LogP contribution in [0.3, 0.4) is 0 Å². The van der Waals surface area contributed by atoms with Crippen LogP contribution in [0.2, 0.25) is 10.0 Å². The molecule has 1 fully saturated rings. The molecule has 0 aliphatic carbocycles. The molecule has 1 heterocycles. The Morgan fingerprint density at radius 2 is 1.48 bits per heavy atom. The molecule has 1 saturated heterocycles. The van der Waals surface area contributed by atoms with Gasteiger partial charge in [-0.2, -0.15) is 4.31 Å². The molecule has 0 atom stereocenters. The number of halogens is 2. The van der Waals surface area contributed by atoms with Crippen LogP contribution in [-0.2, 0) is 14.8 Å². The van der Waals surface area contributed by atoms with Crippen LogP contribution in [0, 0.1) is 0 Å². The van der Waals surface area contributed by atoms with Crippen LogP contribution in [0.4, 0.5) is 0 Å². The zero-order valence-corrected chi connectivity index (χ0v) is 17.8. The number of carbonyl (C=O) groups excluding carboxylic acids is 2. The van der Waals surface area contributed by atoms with Crippen molar-refractivity contribution in [1.82, 2.24) is 4.31 Å². The van der Waals surface area contributed by atoms with E-state index in [1.807, 2.05) is 0 Å². The molecule has 9 heteroatoms. The summed E-state index contributed by atoms with van der Waals surface area (Å²) in [7, 11) is -3.56. The first-order chi connectivity index (χ1) is 13.8. The van der Waals surface area contributed by atoms with Gasteiger partial charge in [-0.05, 0) is 55.3 Å². The molecule has 0 spiro atoms. The number of benzene rings is 2. The Kier molecular flexibility index (Phi) is 6.95. The van der Waals surface area contributed by atoms with Crippen LogP contribution in [-0.4, -0.2) is 44.2 Å². The van der Waals surface area contributed by atoms with Crippen LogP contribution in [0.25, 0.3) is 0 Å². The first-order valence-corrected chi connectivity index (χ1v) is 11.2. The van der Waals surface area contributed by atoms with Crippen molar-refractivity contribution in [3.8, 4) is 0 Å². The number of carbonyl (C=O) groups is 2. The second-order valence-electron chi connectivity index (χ2n) is 6.65. The van der Waals surface area contributed by atoms with E-state index < -0.39 is 28.4 Å². The molecule has 0 bridgehead atoms. The van der Waals surface area contributed by atoms with Crippen molar-refractivity contribution in [2.24, 2.45) is 0 Å². The van der Waals surface area contributed by atoms with E-state index in [9.17, 15) is 18.0 Å². The van der Waals surface area contributed by atoms with Gasteiger partial charge in [-0.15, -0.1) is 0 Å². The smallest absolute Gasteiger partial charge is 0.338 e. The van der Waals surface area contributed by atoms with Crippen LogP contribution in [0.5, 0.6) is 0 Å². The minimum Gasteiger partial charge on any atom is -0.454 e. The lowest BCUT2D eigenvalue weighted by molar-refractivity contribution is 0.0475. The zero-order valence-electron chi connectivity index (χ0n) is 15.4. The van der Waals surface area contributed by atoms with Gasteiger partial charge < -0.3 is 4.74 Å². The Hall–Kier alpha value is -1.93. The van der Waals surface area contributed by atoms with E-state index >= 15 is 0 Å². The molecule has 3 rings (SSSR count). The number of sulfonamides is 1. The van der Waals surface area contributed by atoms with E-state index in [2.05, 4.69) is 0 Å². The highest BCUT2D eigenvalue weighted by Crippen LogP contribution is 2.22. The summed E-state index contributed by atoms with van der Waals surface area (Å²) >= 11 is 11.7. The van der Waals surface area contributed by atoms with Crippen molar-refractivity contribution in [3.63, 3.8) is 0 Å². The lowest BCUT2D eigenvalue weighted by atomic mass is 10.1. The predicted octanol–water partition coefficient (Wildman–Crippen LogP) is 4.21. The summed E-state index contributed by atoms with van der Waals surface area (Å²) in [4.78, 5) is 24.5. The van der Waals surface area contributed by atoms with E-state index in [1.54, 1.807) is 0 Å². The highest BCUT2D eigenvalue weighted by molar-refractivity contribution is 7.89. The fourth-order valence-corrected chi connectivity index (χ4v) is 5.08. The maximum Gasteiger partial charge on any atom is 0.338 e. The highest BCUT2D eigenvalue weighted by atomic mass is 35.5. The van der Waals surface area contributed by atoms with E-state index in [0.717, 1.165) is 19.3 Å². The van der Waals surface area contributed by atoms with Crippen LogP contribution in [0.1, 0.15) is 40.0 Å². The van der Waals surface area contributed by atoms with Crippen LogP contribution < -0.4 is 0 Å². The van der Waals surface area contributed by atoms with Gasteiger partial charge in [0.05, 0.1) is 10.5 Å². The molecule has 0 N–H and O–H groups in total. The van der Waals surface area contributed by atoms with Gasteiger partial charge in [0.15, 0.2) is 12.4 Å². The van der Waals surface area contributed by atoms with Gasteiger partial charge in [0.2, 0.25) is 10.0 Å². The molecule has 1 aliphatic rings. The van der Waals surface area contributed by atoms with Crippen molar-refractivity contribution in [2.45, 2.75) is 24.2 Å². The maximum atomic E-state index is 12.6. The molecule has 6 nitrogen and oxygen atoms in total. The van der Waals surface area contributed by atoms with Crippen molar-refractivity contribution in [1.29, 1.82) is 0 Å². The molecule has 29 heavy (non-hydrogen) atoms. The summed E-state index contributed by atoms with van der Waals surface area (Å²) in [5.74, 6) is -1.18. The van der Waals surface area contributed by atoms with Gasteiger partial charge >= 0.3 is 5.97 Å². The van der Waals surface area contributed by atoms with Crippen molar-refractivity contribution in [3.05, 3.63) is 63.6 Å². The molecule has 0 unspecified atom stereocenters. The van der Waals surface area contributed by atoms with Gasteiger partial charge in [-0.3, -0.25) is 4.79 Å². The summed E-state index contributed by atoms with van der Waals surface area (Å²) in [6.07, 6.45) is 2.72. The van der Waals surface area contributed by atoms with Crippen molar-refractivity contribution < 1.29 is 22.7 Å². The normalized spacial score (nSPS) is 15.1. The molecule has 154 valence electrons. The first-order valence-electron chi connectivity index (χ1n) is 9.04. The minimum absolute atomic E-state index is 0.137. The van der Waals surface area contributed by atoms with Crippen LogP contribution >= 0.6 is 23.2 Å². The number of rotatable bonds is 6. The summed E-state index contributed by atoms with van der Waals surface area (Å²) < 4.78 is 31.8. The van der Waals surface area contributed by atoms with E-state index in [-0.39, 0.29) is 26.1 Å². The monoisotopic (exact) mass is 455 g/mol. The number of hydrogen-bond donors (Lipinski definition) is 0. The molecule has 0 aromatic heterocycles. The SMILES string of the molecule is O=C(COC(=O)c1cc(Cl)cc(Cl)c1)c1ccc(S(=O)(=O)N2CCCCC2)cc1. The molecule has 2 aromatic rings. The number of piperidine rings is 1. The Bertz CT molecular complexity index is 995. The molecule has 1 aliphatic heterocycles. The Morgan fingerprint density at radius 3 is 2.07 bits per heavy atom. The van der Waals surface area contributed by atoms with E-state index in [0.29, 0.717) is 13.1 Å². The third-order valence-corrected chi connectivity index (χ3v) is 6.91. The van der Waals surface area contributed by atoms with Crippen LogP contribution in [0.15, 0.2) is 47.4 Å². The predicted molar refractivity (Wildman–Crippen MR) is 110 cm³/mol. The molecule has 0 saturated carbocycles. The van der Waals surface area contributed by atoms with Gasteiger partial charge in [0, 0.05) is 28.7 Å². The third kappa shape index (κ3) is 5.36. The quantitative estimate of drug-likeness (QED) is 0.481. The first kappa shape index (κ1) is 21.8. The van der Waals surface area contributed by atoms with Gasteiger partial charge in [0.25, 0.3) is 0 Å². The summed E-state index contributed by atoms with van der Waals surface area (Å²) in [5.41, 5.74) is 0.387. The third-order valence-electron chi connectivity index (χ3n) is 4.56. The molecular weight excluding hydrogens is 437 g/mol. The second kappa shape index (κ2) is 9.26. The Balaban J connectivity index is 1.63. The topological polar surface area (TPSA) is 80.8 Å². The van der Waals surface area contributed by atoms with E-state index in [1.165, 1.54) is 46.8 Å². The second-order valence-corrected chi connectivity index (χ2v) is 9.46. The summed E-state index contributed by atoms with van der Waals surface area (Å²) in [5, 5.41) is 0.558. The van der Waals surface area contributed by atoms with Gasteiger partial charge in [-0.1, -0.05) is 29.6 Å². The fraction of sp³-hybridized carbons (Fsp3) is 0.300. The number of Topliss-reactive ketones (excluding diaryl/α,β-unsaturated/α-hetero) is 1. The number of esters is 1. The fourth-order valence-electron chi connectivity index (χ4n) is 3.04. The Labute approximate surface area is 179 Å². The minimum atomic E-state index is -3.56. The maximum absolute atomic E-state index is 12.6. The average Bonchev–Trinajstić information content (AvgIpc) is 2.71. The number of ketones is 1. The van der Waals surface area contributed by atoms with Gasteiger partial charge in [-0.25, -0.2) is 13.2 Å². The lowest BCUT2D eigenvalue weighted by Crippen LogP contribution is -2.35. The largest absolute Gasteiger partial charge is 0.454 e. The number of ether oxygens (including phenoxy) is 1. The van der Waals surface area contributed by atoms with Crippen molar-refractivity contribution in [2.75, 3.05) is 19.7 Å². The Morgan fingerprint density at radius 1 is 0.897 bits per heavy atom. The highest BCUT2D eigenvalue weighted by Gasteiger charge is 2.26. The lowest BCUT2D eigenvalue weighted by Gasteiger charge is -2.25. The van der Waals surface area contributed by atoms with E-state index in [4.69, 9.17) is 27.9 Å². The average molecular weight is 456 g/mol. The molecule has 0 amide bonds. The number of nitrogens with zero attached hydrogens (tertiary/aromatic N) is 1. The molecule has 0 radical (unpaired) electrons. The standard InChI is InChI=1S/C20H19Cl2NO5S/c21-16-10-15(11-17(22)12-16)20(25)28-13-19(24)14-4-6-18(7-5-14)29(26,27)23-8-2-1-3-9-23/h4-7,10-12H,1-3,8-9,13H2. The zero-order chi connectivity index (χ0) is 21.0. The van der Waals surface area contributed by atoms with Gasteiger partial charge in [0.1, 0.15) is 0 Å². The molecular formula is C20H19Cl2NO5S. The van der Waals surface area contributed by atoms with Crippen molar-refractivity contribution >= 4 is 45.0 Å². The summed E-state index contributed by atoms with van der Waals surface area (Å²) in [6.45, 7) is 0.528. The molecule has 2 aromatic carbocycles. The summed E-state index contributed by atoms with van der Waals surface area (Å²) in [6, 6.07) is 9.89. The number of hydrogen-bond acceptors (Lipinski definition) is 5.